The lowest BCUT2D eigenvalue weighted by Crippen LogP contribution is -2.02. The Kier molecular flexibility index (Phi) is 1.66. The molecule has 2 rings (SSSR count). The fraction of sp³-hybridized carbons (Fsp3) is 0.500. The van der Waals surface area contributed by atoms with Gasteiger partial charge in [0.25, 0.3) is 0 Å². The summed E-state index contributed by atoms with van der Waals surface area (Å²) >= 11 is 0. The summed E-state index contributed by atoms with van der Waals surface area (Å²) in [6.07, 6.45) is 2.58. The average molecular weight is 176 g/mol. The van der Waals surface area contributed by atoms with Gasteiger partial charge in [0.15, 0.2) is 0 Å². The number of aromatic hydroxyl groups is 1. The van der Waals surface area contributed by atoms with Crippen molar-refractivity contribution in [3.63, 3.8) is 0 Å². The van der Waals surface area contributed by atoms with Crippen molar-refractivity contribution >= 4 is 0 Å². The molecule has 13 heavy (non-hydrogen) atoms. The number of rotatable bonds is 1. The van der Waals surface area contributed by atoms with E-state index < -0.39 is 0 Å². The average Bonchev–Trinajstić information content (AvgIpc) is 2.77. The normalized spacial score (nSPS) is 18.7. The van der Waals surface area contributed by atoms with Crippen molar-refractivity contribution in [2.45, 2.75) is 39.0 Å². The van der Waals surface area contributed by atoms with Crippen molar-refractivity contribution < 1.29 is 5.11 Å². The third-order valence-corrected chi connectivity index (χ3v) is 3.19. The van der Waals surface area contributed by atoms with Crippen molar-refractivity contribution in [3.05, 3.63) is 28.8 Å². The maximum absolute atomic E-state index is 9.51. The number of phenols is 1. The van der Waals surface area contributed by atoms with Gasteiger partial charge in [-0.15, -0.1) is 0 Å². The minimum Gasteiger partial charge on any atom is -0.508 e. The molecule has 0 heterocycles. The molecule has 1 aromatic carbocycles. The summed E-state index contributed by atoms with van der Waals surface area (Å²) < 4.78 is 0. The number of hydrogen-bond acceptors (Lipinski definition) is 1. The smallest absolute Gasteiger partial charge is 0.118 e. The van der Waals surface area contributed by atoms with Crippen LogP contribution in [0.25, 0.3) is 0 Å². The first-order chi connectivity index (χ1) is 6.03. The quantitative estimate of drug-likeness (QED) is 0.697. The summed E-state index contributed by atoms with van der Waals surface area (Å²) in [4.78, 5) is 0. The molecular formula is C12H16O. The van der Waals surface area contributed by atoms with E-state index in [2.05, 4.69) is 19.9 Å². The molecule has 1 fully saturated rings. The van der Waals surface area contributed by atoms with Crippen LogP contribution in [0.15, 0.2) is 12.1 Å². The molecule has 70 valence electrons. The summed E-state index contributed by atoms with van der Waals surface area (Å²) in [5.74, 6) is 0.422. The van der Waals surface area contributed by atoms with Crippen LogP contribution in [0.1, 0.15) is 36.5 Å². The molecule has 0 aromatic heterocycles. The molecule has 0 saturated heterocycles. The van der Waals surface area contributed by atoms with E-state index in [0.29, 0.717) is 11.2 Å². The molecule has 0 amide bonds. The highest BCUT2D eigenvalue weighted by Crippen LogP contribution is 2.49. The second kappa shape index (κ2) is 2.50. The molecule has 1 aliphatic rings. The summed E-state index contributed by atoms with van der Waals surface area (Å²) in [5.41, 5.74) is 4.04. The van der Waals surface area contributed by atoms with Crippen LogP contribution in [0, 0.1) is 13.8 Å². The monoisotopic (exact) mass is 176 g/mol. The summed E-state index contributed by atoms with van der Waals surface area (Å²) in [6, 6.07) is 4.02. The van der Waals surface area contributed by atoms with Crippen LogP contribution >= 0.6 is 0 Å². The lowest BCUT2D eigenvalue weighted by molar-refractivity contribution is 0.470. The van der Waals surface area contributed by atoms with Crippen LogP contribution in [-0.2, 0) is 5.41 Å². The predicted molar refractivity (Wildman–Crippen MR) is 54.2 cm³/mol. The maximum Gasteiger partial charge on any atom is 0.118 e. The van der Waals surface area contributed by atoms with E-state index >= 15 is 0 Å². The van der Waals surface area contributed by atoms with E-state index in [-0.39, 0.29) is 0 Å². The molecule has 1 aromatic rings. The Morgan fingerprint density at radius 1 is 1.15 bits per heavy atom. The molecule has 1 nitrogen and oxygen atoms in total. The fourth-order valence-electron chi connectivity index (χ4n) is 1.91. The van der Waals surface area contributed by atoms with E-state index in [1.807, 2.05) is 13.0 Å². The Balaban J connectivity index is 2.52. The van der Waals surface area contributed by atoms with Gasteiger partial charge >= 0.3 is 0 Å². The molecule has 0 unspecified atom stereocenters. The standard InChI is InChI=1S/C12H16O/c1-8-7-11(13)9(2)6-10(8)12(3)4-5-12/h6-7,13H,4-5H2,1-3H3. The highest BCUT2D eigenvalue weighted by Gasteiger charge is 2.40. The molecular weight excluding hydrogens is 160 g/mol. The molecule has 0 bridgehead atoms. The van der Waals surface area contributed by atoms with Crippen LogP contribution in [0.3, 0.4) is 0 Å². The van der Waals surface area contributed by atoms with E-state index in [9.17, 15) is 5.11 Å². The van der Waals surface area contributed by atoms with Crippen molar-refractivity contribution in [2.75, 3.05) is 0 Å². The molecule has 1 N–H and O–H groups in total. The number of hydrogen-bond donors (Lipinski definition) is 1. The second-order valence-electron chi connectivity index (χ2n) is 4.51. The number of aryl methyl sites for hydroxylation is 2. The van der Waals surface area contributed by atoms with Gasteiger partial charge in [0.1, 0.15) is 5.75 Å². The van der Waals surface area contributed by atoms with E-state index in [1.165, 1.54) is 24.0 Å². The van der Waals surface area contributed by atoms with Crippen LogP contribution in [-0.4, -0.2) is 5.11 Å². The Morgan fingerprint density at radius 2 is 1.77 bits per heavy atom. The van der Waals surface area contributed by atoms with Crippen LogP contribution in [0.5, 0.6) is 5.75 Å². The zero-order valence-corrected chi connectivity index (χ0v) is 8.52. The zero-order valence-electron chi connectivity index (χ0n) is 8.52. The number of phenolic OH excluding ortho intramolecular Hbond substituents is 1. The van der Waals surface area contributed by atoms with Gasteiger partial charge in [-0.2, -0.15) is 0 Å². The van der Waals surface area contributed by atoms with Crippen LogP contribution in [0.2, 0.25) is 0 Å². The van der Waals surface area contributed by atoms with Gasteiger partial charge in [-0.25, -0.2) is 0 Å². The fourth-order valence-corrected chi connectivity index (χ4v) is 1.91. The number of benzene rings is 1. The lowest BCUT2D eigenvalue weighted by atomic mass is 9.92. The van der Waals surface area contributed by atoms with Crippen molar-refractivity contribution in [3.8, 4) is 5.75 Å². The molecule has 0 radical (unpaired) electrons. The largest absolute Gasteiger partial charge is 0.508 e. The molecule has 1 saturated carbocycles. The summed E-state index contributed by atoms with van der Waals surface area (Å²) in [5, 5.41) is 9.51. The topological polar surface area (TPSA) is 20.2 Å². The summed E-state index contributed by atoms with van der Waals surface area (Å²) in [6.45, 7) is 6.34. The van der Waals surface area contributed by atoms with E-state index in [4.69, 9.17) is 0 Å². The van der Waals surface area contributed by atoms with Crippen molar-refractivity contribution in [1.82, 2.24) is 0 Å². The Morgan fingerprint density at radius 3 is 2.31 bits per heavy atom. The third-order valence-electron chi connectivity index (χ3n) is 3.19. The van der Waals surface area contributed by atoms with Gasteiger partial charge in [0.2, 0.25) is 0 Å². The van der Waals surface area contributed by atoms with Gasteiger partial charge in [0.05, 0.1) is 0 Å². The first-order valence-electron chi connectivity index (χ1n) is 4.84. The van der Waals surface area contributed by atoms with E-state index in [1.54, 1.807) is 0 Å². The molecule has 1 heteroatoms. The first-order valence-corrected chi connectivity index (χ1v) is 4.84. The zero-order chi connectivity index (χ0) is 9.64. The van der Waals surface area contributed by atoms with Crippen molar-refractivity contribution in [2.24, 2.45) is 0 Å². The van der Waals surface area contributed by atoms with Gasteiger partial charge in [0, 0.05) is 0 Å². The van der Waals surface area contributed by atoms with Gasteiger partial charge in [-0.1, -0.05) is 13.0 Å². The second-order valence-corrected chi connectivity index (χ2v) is 4.51. The van der Waals surface area contributed by atoms with Crippen LogP contribution in [0.4, 0.5) is 0 Å². The van der Waals surface area contributed by atoms with Crippen LogP contribution < -0.4 is 0 Å². The van der Waals surface area contributed by atoms with Crippen molar-refractivity contribution in [1.29, 1.82) is 0 Å². The molecule has 0 atom stereocenters. The molecule has 0 aliphatic heterocycles. The minimum absolute atomic E-state index is 0.405. The van der Waals surface area contributed by atoms with E-state index in [0.717, 1.165) is 5.56 Å². The van der Waals surface area contributed by atoms with Gasteiger partial charge < -0.3 is 5.11 Å². The third kappa shape index (κ3) is 1.32. The Bertz CT molecular complexity index is 348. The minimum atomic E-state index is 0.405. The highest BCUT2D eigenvalue weighted by atomic mass is 16.3. The maximum atomic E-state index is 9.51. The Labute approximate surface area is 79.4 Å². The lowest BCUT2D eigenvalue weighted by Gasteiger charge is -2.14. The molecule has 0 spiro atoms. The SMILES string of the molecule is Cc1cc(C2(C)CC2)c(C)cc1O. The van der Waals surface area contributed by atoms with Gasteiger partial charge in [-0.3, -0.25) is 0 Å². The summed E-state index contributed by atoms with van der Waals surface area (Å²) in [7, 11) is 0. The molecule has 1 aliphatic carbocycles. The van der Waals surface area contributed by atoms with Gasteiger partial charge in [-0.05, 0) is 54.9 Å². The Hall–Kier alpha value is -0.980. The highest BCUT2D eigenvalue weighted by molar-refractivity contribution is 5.45. The first kappa shape index (κ1) is 8.61. The predicted octanol–water partition coefficient (Wildman–Crippen LogP) is 3.06.